The lowest BCUT2D eigenvalue weighted by Crippen LogP contribution is -2.27. The molecule has 0 radical (unpaired) electrons. The Morgan fingerprint density at radius 2 is 2.23 bits per heavy atom. The molecule has 1 aliphatic carbocycles. The number of aromatic nitrogens is 2. The number of nitrogens with one attached hydrogen (secondary N) is 1. The molecule has 0 unspecified atom stereocenters. The second-order valence-electron chi connectivity index (χ2n) is 8.31. The highest BCUT2D eigenvalue weighted by Gasteiger charge is 2.32. The average molecular weight is 419 g/mol. The van der Waals surface area contributed by atoms with Crippen LogP contribution in [0.5, 0.6) is 5.75 Å². The topological polar surface area (TPSA) is 106 Å². The Morgan fingerprint density at radius 1 is 1.39 bits per heavy atom. The predicted octanol–water partition coefficient (Wildman–Crippen LogP) is 3.69. The summed E-state index contributed by atoms with van der Waals surface area (Å²) < 4.78 is 23.1. The Hall–Kier alpha value is -3.60. The summed E-state index contributed by atoms with van der Waals surface area (Å²) in [6.45, 7) is 2.21. The maximum atomic E-state index is 15.4. The number of hydrogen-bond donors (Lipinski definition) is 2. The molecule has 1 fully saturated rings. The van der Waals surface area contributed by atoms with E-state index < -0.39 is 11.2 Å². The Bertz CT molecular complexity index is 1280. The fourth-order valence-corrected chi connectivity index (χ4v) is 4.76. The minimum absolute atomic E-state index is 0.00133. The summed E-state index contributed by atoms with van der Waals surface area (Å²) in [5.41, 5.74) is 6.85. The van der Waals surface area contributed by atoms with E-state index in [0.29, 0.717) is 18.0 Å². The van der Waals surface area contributed by atoms with Gasteiger partial charge in [0.1, 0.15) is 23.9 Å². The fraction of sp³-hybridized carbons (Fsp3) is 0.348. The molecule has 1 aliphatic heterocycles. The highest BCUT2D eigenvalue weighted by molar-refractivity contribution is 6.00. The number of pyridine rings is 2. The third-order valence-corrected chi connectivity index (χ3v) is 6.35. The quantitative estimate of drug-likeness (QED) is 0.627. The minimum Gasteiger partial charge on any atom is -0.487 e. The number of nitrogens with two attached hydrogens (primary N) is 1. The van der Waals surface area contributed by atoms with Crippen molar-refractivity contribution in [2.75, 3.05) is 17.7 Å². The first-order valence-corrected chi connectivity index (χ1v) is 10.4. The number of anilines is 2. The van der Waals surface area contributed by atoms with E-state index >= 15 is 4.39 Å². The number of halogens is 1. The summed E-state index contributed by atoms with van der Waals surface area (Å²) in [7, 11) is 0. The molecule has 3 heterocycles. The monoisotopic (exact) mass is 419 g/mol. The predicted molar refractivity (Wildman–Crippen MR) is 116 cm³/mol. The zero-order valence-electron chi connectivity index (χ0n) is 17.1. The molecule has 3 N–H and O–H groups in total. The molecule has 2 aliphatic rings. The second kappa shape index (κ2) is 7.27. The van der Waals surface area contributed by atoms with Crippen LogP contribution in [0.2, 0.25) is 0 Å². The maximum Gasteiger partial charge on any atom is 0.209 e. The average Bonchev–Trinajstić information content (AvgIpc) is 3.25. The smallest absolute Gasteiger partial charge is 0.209 e. The van der Waals surface area contributed by atoms with Crippen molar-refractivity contribution in [3.05, 3.63) is 57.9 Å². The number of nitrogens with zero attached hydrogens (tertiary/aromatic N) is 3. The van der Waals surface area contributed by atoms with E-state index in [9.17, 15) is 10.1 Å². The van der Waals surface area contributed by atoms with Crippen molar-refractivity contribution >= 4 is 22.3 Å². The van der Waals surface area contributed by atoms with Gasteiger partial charge in [-0.1, -0.05) is 6.07 Å². The third kappa shape index (κ3) is 3.00. The Kier molecular flexibility index (Phi) is 4.54. The van der Waals surface area contributed by atoms with E-state index in [0.717, 1.165) is 25.0 Å². The van der Waals surface area contributed by atoms with Crippen LogP contribution in [0, 0.1) is 17.1 Å². The molecule has 3 aromatic rings. The molecule has 158 valence electrons. The van der Waals surface area contributed by atoms with Crippen LogP contribution in [0.4, 0.5) is 15.8 Å². The summed E-state index contributed by atoms with van der Waals surface area (Å²) in [5, 5.41) is 12.6. The van der Waals surface area contributed by atoms with Gasteiger partial charge in [-0.3, -0.25) is 9.78 Å². The van der Waals surface area contributed by atoms with Gasteiger partial charge in [-0.05, 0) is 38.3 Å². The van der Waals surface area contributed by atoms with E-state index in [1.807, 2.05) is 31.2 Å². The van der Waals surface area contributed by atoms with Crippen molar-refractivity contribution in [3.8, 4) is 11.8 Å². The Balaban J connectivity index is 1.59. The second-order valence-corrected chi connectivity index (χ2v) is 8.31. The van der Waals surface area contributed by atoms with Gasteiger partial charge in [-0.15, -0.1) is 0 Å². The summed E-state index contributed by atoms with van der Waals surface area (Å²) >= 11 is 0. The van der Waals surface area contributed by atoms with E-state index in [2.05, 4.69) is 10.3 Å². The molecule has 5 rings (SSSR count). The van der Waals surface area contributed by atoms with Crippen molar-refractivity contribution in [2.45, 2.75) is 44.2 Å². The summed E-state index contributed by atoms with van der Waals surface area (Å²) in [6, 6.07) is 7.67. The van der Waals surface area contributed by atoms with Gasteiger partial charge < -0.3 is 20.4 Å². The molecular formula is C23H22FN5O2. The van der Waals surface area contributed by atoms with Crippen LogP contribution < -0.4 is 21.2 Å². The first kappa shape index (κ1) is 19.4. The van der Waals surface area contributed by atoms with Gasteiger partial charge in [0, 0.05) is 30.0 Å². The van der Waals surface area contributed by atoms with Crippen LogP contribution in [0.3, 0.4) is 0 Å². The Labute approximate surface area is 178 Å². The van der Waals surface area contributed by atoms with Gasteiger partial charge in [0.05, 0.1) is 22.6 Å². The molecule has 0 bridgehead atoms. The molecule has 0 saturated heterocycles. The van der Waals surface area contributed by atoms with Gasteiger partial charge in [0.25, 0.3) is 0 Å². The van der Waals surface area contributed by atoms with Crippen LogP contribution in [0.25, 0.3) is 10.9 Å². The number of rotatable bonds is 3. The van der Waals surface area contributed by atoms with E-state index in [4.69, 9.17) is 10.5 Å². The van der Waals surface area contributed by atoms with Gasteiger partial charge in [0.15, 0.2) is 11.6 Å². The van der Waals surface area contributed by atoms with Crippen molar-refractivity contribution in [2.24, 2.45) is 0 Å². The summed E-state index contributed by atoms with van der Waals surface area (Å²) in [6.07, 6.45) is 5.91. The molecular weight excluding hydrogens is 397 g/mol. The molecule has 2 aromatic heterocycles. The number of benzene rings is 1. The number of nitriles is 1. The molecule has 0 amide bonds. The zero-order chi connectivity index (χ0) is 21.7. The molecule has 31 heavy (non-hydrogen) atoms. The fourth-order valence-electron chi connectivity index (χ4n) is 4.76. The van der Waals surface area contributed by atoms with Crippen LogP contribution in [0.1, 0.15) is 49.4 Å². The van der Waals surface area contributed by atoms with Gasteiger partial charge in [-0.25, -0.2) is 4.39 Å². The molecule has 1 aromatic carbocycles. The number of hydrogen-bond acceptors (Lipinski definition) is 6. The summed E-state index contributed by atoms with van der Waals surface area (Å²) in [5.74, 6) is -0.131. The lowest BCUT2D eigenvalue weighted by Gasteiger charge is -2.30. The van der Waals surface area contributed by atoms with Crippen molar-refractivity contribution in [3.63, 3.8) is 0 Å². The zero-order valence-corrected chi connectivity index (χ0v) is 17.1. The molecule has 3 atom stereocenters. The maximum absolute atomic E-state index is 15.4. The van der Waals surface area contributed by atoms with Crippen molar-refractivity contribution < 1.29 is 9.13 Å². The molecule has 7 nitrogen and oxygen atoms in total. The van der Waals surface area contributed by atoms with Gasteiger partial charge in [0.2, 0.25) is 5.43 Å². The molecule has 8 heteroatoms. The first-order chi connectivity index (χ1) is 15.0. The lowest BCUT2D eigenvalue weighted by atomic mass is 10.0. The third-order valence-electron chi connectivity index (χ3n) is 6.35. The largest absolute Gasteiger partial charge is 0.487 e. The van der Waals surface area contributed by atoms with Crippen molar-refractivity contribution in [1.29, 1.82) is 5.26 Å². The normalized spacial score (nSPS) is 22.2. The Morgan fingerprint density at radius 3 is 2.97 bits per heavy atom. The van der Waals surface area contributed by atoms with Crippen molar-refractivity contribution in [1.82, 2.24) is 9.55 Å². The van der Waals surface area contributed by atoms with Crippen LogP contribution >= 0.6 is 0 Å². The van der Waals surface area contributed by atoms with Gasteiger partial charge in [-0.2, -0.15) is 5.26 Å². The van der Waals surface area contributed by atoms with Crippen LogP contribution in [-0.2, 0) is 0 Å². The minimum atomic E-state index is -0.711. The van der Waals surface area contributed by atoms with E-state index in [1.165, 1.54) is 6.20 Å². The highest BCUT2D eigenvalue weighted by atomic mass is 19.1. The summed E-state index contributed by atoms with van der Waals surface area (Å²) in [4.78, 5) is 17.2. The standard InChI is InChI=1S/C23H22FN5O2/c1-12-11-31-23-20(28-15-6-5-13(8-15)16-4-2-3-7-27-16)18(24)19(26)17-21(23)29(12)10-14(9-25)22(17)30/h2-4,7,10,12-13,15,28H,5-6,8,11,26H2,1H3/t12-,13-,15-/m0/s1. The lowest BCUT2D eigenvalue weighted by molar-refractivity contribution is 0.247. The SMILES string of the molecule is C[C@H]1COc2c(N[C@H]3CC[C@H](c4ccccn4)C3)c(F)c(N)c3c(=O)c(C#N)cn1c23. The first-order valence-electron chi connectivity index (χ1n) is 10.4. The van der Waals surface area contributed by atoms with Crippen LogP contribution in [0.15, 0.2) is 35.4 Å². The van der Waals surface area contributed by atoms with E-state index in [-0.39, 0.29) is 40.2 Å². The van der Waals surface area contributed by atoms with Gasteiger partial charge >= 0.3 is 0 Å². The highest BCUT2D eigenvalue weighted by Crippen LogP contribution is 2.45. The number of nitrogen functional groups attached to an aromatic ring is 1. The van der Waals surface area contributed by atoms with E-state index in [1.54, 1.807) is 10.8 Å². The molecule has 0 spiro atoms. The number of ether oxygens (including phenoxy) is 1. The van der Waals surface area contributed by atoms with Crippen LogP contribution in [-0.4, -0.2) is 22.2 Å². The molecule has 1 saturated carbocycles.